The molecular weight excluding hydrogens is 299 g/mol. The third-order valence-electron chi connectivity index (χ3n) is 2.43. The topological polar surface area (TPSA) is 54.0 Å². The average molecular weight is 318 g/mol. The van der Waals surface area contributed by atoms with E-state index in [1.54, 1.807) is 7.11 Å². The van der Waals surface area contributed by atoms with Crippen LogP contribution in [0.1, 0.15) is 10.4 Å². The van der Waals surface area contributed by atoms with Crippen molar-refractivity contribution in [2.45, 2.75) is 4.90 Å². The molecule has 0 unspecified atom stereocenters. The largest absolute Gasteiger partial charge is 0.460 e. The van der Waals surface area contributed by atoms with Crippen molar-refractivity contribution in [1.82, 2.24) is 0 Å². The standard InChI is InChI=1S/C14H19FO5S/c1-17-4-5-18-6-7-19-8-9-20-14(16)12-10-11(21)2-3-13(12)15/h2-3,10,21H,4-9H2,1H3. The minimum Gasteiger partial charge on any atom is -0.460 e. The molecule has 1 rings (SSSR count). The number of halogens is 1. The molecule has 0 aliphatic carbocycles. The van der Waals surface area contributed by atoms with Crippen molar-refractivity contribution in [2.24, 2.45) is 0 Å². The minimum atomic E-state index is -0.733. The highest BCUT2D eigenvalue weighted by atomic mass is 32.1. The molecule has 1 aromatic rings. The number of carbonyl (C=O) groups excluding carboxylic acids is 1. The second-order valence-electron chi connectivity index (χ2n) is 4.02. The number of carbonyl (C=O) groups is 1. The van der Waals surface area contributed by atoms with E-state index >= 15 is 0 Å². The van der Waals surface area contributed by atoms with Gasteiger partial charge in [0.1, 0.15) is 12.4 Å². The number of ether oxygens (including phenoxy) is 4. The van der Waals surface area contributed by atoms with Gasteiger partial charge >= 0.3 is 5.97 Å². The van der Waals surface area contributed by atoms with Crippen LogP contribution in [0.5, 0.6) is 0 Å². The van der Waals surface area contributed by atoms with Gasteiger partial charge in [-0.2, -0.15) is 0 Å². The highest BCUT2D eigenvalue weighted by Gasteiger charge is 2.13. The Labute approximate surface area is 128 Å². The van der Waals surface area contributed by atoms with E-state index in [0.29, 0.717) is 31.3 Å². The van der Waals surface area contributed by atoms with Crippen molar-refractivity contribution < 1.29 is 28.1 Å². The summed E-state index contributed by atoms with van der Waals surface area (Å²) in [4.78, 5) is 12.1. The Morgan fingerprint density at radius 3 is 2.38 bits per heavy atom. The summed E-state index contributed by atoms with van der Waals surface area (Å²) in [5.74, 6) is -1.37. The van der Waals surface area contributed by atoms with Crippen LogP contribution < -0.4 is 0 Å². The summed E-state index contributed by atoms with van der Waals surface area (Å²) >= 11 is 4.05. The first-order valence-electron chi connectivity index (χ1n) is 6.45. The first-order valence-corrected chi connectivity index (χ1v) is 6.90. The zero-order valence-electron chi connectivity index (χ0n) is 11.8. The molecule has 0 aliphatic heterocycles. The second kappa shape index (κ2) is 10.6. The number of rotatable bonds is 10. The average Bonchev–Trinajstić information content (AvgIpc) is 2.48. The van der Waals surface area contributed by atoms with Gasteiger partial charge in [-0.3, -0.25) is 0 Å². The quantitative estimate of drug-likeness (QED) is 0.406. The van der Waals surface area contributed by atoms with Gasteiger partial charge in [-0.05, 0) is 18.2 Å². The van der Waals surface area contributed by atoms with Crippen molar-refractivity contribution >= 4 is 18.6 Å². The van der Waals surface area contributed by atoms with Gasteiger partial charge in [0.25, 0.3) is 0 Å². The first kappa shape index (κ1) is 17.9. The van der Waals surface area contributed by atoms with Gasteiger partial charge < -0.3 is 18.9 Å². The zero-order valence-corrected chi connectivity index (χ0v) is 12.7. The molecule has 0 fully saturated rings. The van der Waals surface area contributed by atoms with Crippen LogP contribution >= 0.6 is 12.6 Å². The van der Waals surface area contributed by atoms with Gasteiger partial charge in [0.2, 0.25) is 0 Å². The third kappa shape index (κ3) is 7.42. The molecule has 118 valence electrons. The predicted octanol–water partition coefficient (Wildman–Crippen LogP) is 1.95. The van der Waals surface area contributed by atoms with E-state index in [0.717, 1.165) is 0 Å². The summed E-state index contributed by atoms with van der Waals surface area (Å²) in [5, 5.41) is 0. The third-order valence-corrected chi connectivity index (χ3v) is 2.71. The van der Waals surface area contributed by atoms with E-state index in [9.17, 15) is 9.18 Å². The molecule has 0 saturated heterocycles. The number of esters is 1. The highest BCUT2D eigenvalue weighted by Crippen LogP contribution is 2.14. The Kier molecular flexibility index (Phi) is 9.00. The molecule has 0 N–H and O–H groups in total. The monoisotopic (exact) mass is 318 g/mol. The predicted molar refractivity (Wildman–Crippen MR) is 77.4 cm³/mol. The summed E-state index contributed by atoms with van der Waals surface area (Å²) in [6.07, 6.45) is 0. The lowest BCUT2D eigenvalue weighted by molar-refractivity contribution is 0.00553. The van der Waals surface area contributed by atoms with Gasteiger partial charge in [-0.15, -0.1) is 12.6 Å². The maximum Gasteiger partial charge on any atom is 0.341 e. The Morgan fingerprint density at radius 2 is 1.71 bits per heavy atom. The van der Waals surface area contributed by atoms with Gasteiger partial charge in [-0.25, -0.2) is 9.18 Å². The van der Waals surface area contributed by atoms with E-state index < -0.39 is 11.8 Å². The van der Waals surface area contributed by atoms with Crippen molar-refractivity contribution in [3.63, 3.8) is 0 Å². The fourth-order valence-electron chi connectivity index (χ4n) is 1.40. The van der Waals surface area contributed by atoms with E-state index in [-0.39, 0.29) is 18.8 Å². The molecule has 0 heterocycles. The van der Waals surface area contributed by atoms with Crippen LogP contribution in [-0.4, -0.2) is 52.7 Å². The molecule has 0 radical (unpaired) electrons. The van der Waals surface area contributed by atoms with Crippen LogP contribution in [-0.2, 0) is 18.9 Å². The SMILES string of the molecule is COCCOCCOCCOC(=O)c1cc(S)ccc1F. The minimum absolute atomic E-state index is 0.0488. The lowest BCUT2D eigenvalue weighted by Gasteiger charge is -2.07. The molecule has 0 spiro atoms. The lowest BCUT2D eigenvalue weighted by atomic mass is 10.2. The summed E-state index contributed by atoms with van der Waals surface area (Å²) in [5.41, 5.74) is -0.134. The number of hydrogen-bond donors (Lipinski definition) is 1. The van der Waals surface area contributed by atoms with Crippen LogP contribution in [0.3, 0.4) is 0 Å². The Morgan fingerprint density at radius 1 is 1.10 bits per heavy atom. The molecule has 0 bridgehead atoms. The molecule has 0 aromatic heterocycles. The number of hydrogen-bond acceptors (Lipinski definition) is 6. The number of benzene rings is 1. The normalized spacial score (nSPS) is 10.6. The Bertz CT molecular complexity index is 441. The fourth-order valence-corrected chi connectivity index (χ4v) is 1.61. The van der Waals surface area contributed by atoms with Crippen molar-refractivity contribution in [2.75, 3.05) is 46.8 Å². The summed E-state index contributed by atoms with van der Waals surface area (Å²) in [6, 6.07) is 3.96. The van der Waals surface area contributed by atoms with Crippen molar-refractivity contribution in [1.29, 1.82) is 0 Å². The maximum atomic E-state index is 13.4. The second-order valence-corrected chi connectivity index (χ2v) is 4.53. The molecule has 1 aromatic carbocycles. The molecule has 5 nitrogen and oxygen atoms in total. The van der Waals surface area contributed by atoms with Crippen molar-refractivity contribution in [3.8, 4) is 0 Å². The van der Waals surface area contributed by atoms with Gasteiger partial charge in [0.15, 0.2) is 0 Å². The van der Waals surface area contributed by atoms with Gasteiger partial charge in [0.05, 0.1) is 38.6 Å². The van der Waals surface area contributed by atoms with Gasteiger partial charge in [0, 0.05) is 12.0 Å². The molecule has 0 saturated carbocycles. The van der Waals surface area contributed by atoms with E-state index in [2.05, 4.69) is 12.6 Å². The summed E-state index contributed by atoms with van der Waals surface area (Å²) < 4.78 is 33.5. The van der Waals surface area contributed by atoms with Crippen LogP contribution in [0.15, 0.2) is 23.1 Å². The molecule has 7 heteroatoms. The maximum absolute atomic E-state index is 13.4. The fraction of sp³-hybridized carbons (Fsp3) is 0.500. The van der Waals surface area contributed by atoms with E-state index in [1.165, 1.54) is 18.2 Å². The van der Waals surface area contributed by atoms with Crippen LogP contribution in [0.4, 0.5) is 4.39 Å². The Hall–Kier alpha value is -1.15. The molecule has 0 atom stereocenters. The Balaban J connectivity index is 2.12. The number of methoxy groups -OCH3 is 1. The van der Waals surface area contributed by atoms with Gasteiger partial charge in [-0.1, -0.05) is 0 Å². The summed E-state index contributed by atoms with van der Waals surface area (Å²) in [7, 11) is 1.60. The highest BCUT2D eigenvalue weighted by molar-refractivity contribution is 7.80. The van der Waals surface area contributed by atoms with Crippen LogP contribution in [0.25, 0.3) is 0 Å². The lowest BCUT2D eigenvalue weighted by Crippen LogP contribution is -2.14. The molecule has 0 amide bonds. The summed E-state index contributed by atoms with van der Waals surface area (Å²) in [6.45, 7) is 2.14. The van der Waals surface area contributed by atoms with Crippen LogP contribution in [0, 0.1) is 5.82 Å². The van der Waals surface area contributed by atoms with Crippen molar-refractivity contribution in [3.05, 3.63) is 29.6 Å². The molecule has 0 aliphatic rings. The smallest absolute Gasteiger partial charge is 0.341 e. The number of thiol groups is 1. The van der Waals surface area contributed by atoms with E-state index in [4.69, 9.17) is 18.9 Å². The van der Waals surface area contributed by atoms with Crippen LogP contribution in [0.2, 0.25) is 0 Å². The first-order chi connectivity index (χ1) is 10.1. The van der Waals surface area contributed by atoms with E-state index in [1.807, 2.05) is 0 Å². The molecular formula is C14H19FO5S. The zero-order chi connectivity index (χ0) is 15.5. The molecule has 21 heavy (non-hydrogen) atoms.